The Morgan fingerprint density at radius 2 is 2.00 bits per heavy atom. The maximum absolute atomic E-state index is 13.3. The normalized spacial score (nSPS) is 12.7. The molecule has 1 unspecified atom stereocenters. The first-order chi connectivity index (χ1) is 8.11. The summed E-state index contributed by atoms with van der Waals surface area (Å²) in [6.45, 7) is 0. The fourth-order valence-electron chi connectivity index (χ4n) is 1.67. The van der Waals surface area contributed by atoms with Crippen LogP contribution < -0.4 is 5.32 Å². The van der Waals surface area contributed by atoms with Crippen LogP contribution in [0.3, 0.4) is 0 Å². The molecule has 1 aromatic heterocycles. The van der Waals surface area contributed by atoms with E-state index in [1.165, 1.54) is 6.07 Å². The van der Waals surface area contributed by atoms with Gasteiger partial charge in [-0.1, -0.05) is 15.9 Å². The van der Waals surface area contributed by atoms with E-state index in [0.29, 0.717) is 0 Å². The third-order valence-corrected chi connectivity index (χ3v) is 4.85. The van der Waals surface area contributed by atoms with Crippen LogP contribution in [0, 0.1) is 5.82 Å². The summed E-state index contributed by atoms with van der Waals surface area (Å²) in [4.78, 5) is 1.14. The fourth-order valence-corrected chi connectivity index (χ4v) is 3.70. The molecule has 1 heterocycles. The zero-order valence-corrected chi connectivity index (χ0v) is 13.0. The molecule has 0 bridgehead atoms. The van der Waals surface area contributed by atoms with E-state index in [0.717, 1.165) is 18.7 Å². The van der Waals surface area contributed by atoms with Gasteiger partial charge in [0.1, 0.15) is 5.82 Å². The molecule has 0 aliphatic carbocycles. The molecule has 2 rings (SSSR count). The van der Waals surface area contributed by atoms with Gasteiger partial charge < -0.3 is 5.32 Å². The molecule has 0 spiro atoms. The predicted molar refractivity (Wildman–Crippen MR) is 77.0 cm³/mol. The third-order valence-electron chi connectivity index (χ3n) is 2.44. The molecule has 5 heteroatoms. The summed E-state index contributed by atoms with van der Waals surface area (Å²) >= 11 is 8.54. The zero-order valence-electron chi connectivity index (χ0n) is 9.01. The second-order valence-electron chi connectivity index (χ2n) is 3.53. The summed E-state index contributed by atoms with van der Waals surface area (Å²) in [6, 6.07) is 8.77. The van der Waals surface area contributed by atoms with Crippen LogP contribution in [-0.4, -0.2) is 7.05 Å². The van der Waals surface area contributed by atoms with Crippen molar-refractivity contribution < 1.29 is 4.39 Å². The van der Waals surface area contributed by atoms with Crippen molar-refractivity contribution in [2.24, 2.45) is 0 Å². The molecular formula is C12H10Br2FNS. The second-order valence-corrected chi connectivity index (χ2v) is 6.88. The van der Waals surface area contributed by atoms with E-state index >= 15 is 0 Å². The molecule has 0 fully saturated rings. The number of thiophene rings is 1. The molecular weight excluding hydrogens is 369 g/mol. The number of benzene rings is 1. The zero-order chi connectivity index (χ0) is 12.4. The van der Waals surface area contributed by atoms with Crippen molar-refractivity contribution in [2.75, 3.05) is 7.05 Å². The summed E-state index contributed by atoms with van der Waals surface area (Å²) in [7, 11) is 1.87. The lowest BCUT2D eigenvalue weighted by Crippen LogP contribution is -2.17. The van der Waals surface area contributed by atoms with Crippen molar-refractivity contribution >= 4 is 43.2 Å². The van der Waals surface area contributed by atoms with E-state index in [9.17, 15) is 4.39 Å². The molecule has 0 aliphatic rings. The molecule has 17 heavy (non-hydrogen) atoms. The molecule has 0 saturated heterocycles. The summed E-state index contributed by atoms with van der Waals surface area (Å²) in [5.74, 6) is -0.223. The molecule has 2 aromatic rings. The van der Waals surface area contributed by atoms with E-state index in [1.807, 2.05) is 19.2 Å². The molecule has 1 N–H and O–H groups in total. The Kier molecular flexibility index (Phi) is 4.36. The van der Waals surface area contributed by atoms with Gasteiger partial charge >= 0.3 is 0 Å². The SMILES string of the molecule is CNC(c1ccc(Br)s1)c1cc(F)ccc1Br. The summed E-state index contributed by atoms with van der Waals surface area (Å²) in [5.41, 5.74) is 0.904. The van der Waals surface area contributed by atoms with E-state index in [-0.39, 0.29) is 11.9 Å². The van der Waals surface area contributed by atoms with Crippen LogP contribution in [-0.2, 0) is 0 Å². The summed E-state index contributed by atoms with van der Waals surface area (Å²) in [5, 5.41) is 3.21. The average molecular weight is 379 g/mol. The molecule has 0 amide bonds. The highest BCUT2D eigenvalue weighted by Crippen LogP contribution is 2.34. The van der Waals surface area contributed by atoms with Crippen molar-refractivity contribution in [3.63, 3.8) is 0 Å². The summed E-state index contributed by atoms with van der Waals surface area (Å²) < 4.78 is 15.3. The standard InChI is InChI=1S/C12H10Br2FNS/c1-16-12(10-4-5-11(14)17-10)8-6-7(15)2-3-9(8)13/h2-6,12,16H,1H3. The lowest BCUT2D eigenvalue weighted by Gasteiger charge is -2.16. The van der Waals surface area contributed by atoms with Crippen LogP contribution in [0.15, 0.2) is 38.6 Å². The van der Waals surface area contributed by atoms with Crippen LogP contribution in [0.2, 0.25) is 0 Å². The largest absolute Gasteiger partial charge is 0.309 e. The number of hydrogen-bond acceptors (Lipinski definition) is 2. The third kappa shape index (κ3) is 2.96. The van der Waals surface area contributed by atoms with Gasteiger partial charge in [-0.25, -0.2) is 4.39 Å². The maximum atomic E-state index is 13.3. The molecule has 0 aliphatic heterocycles. The maximum Gasteiger partial charge on any atom is 0.123 e. The van der Waals surface area contributed by atoms with Crippen LogP contribution in [0.25, 0.3) is 0 Å². The Bertz CT molecular complexity index is 527. The van der Waals surface area contributed by atoms with E-state index < -0.39 is 0 Å². The molecule has 1 atom stereocenters. The number of halogens is 3. The highest BCUT2D eigenvalue weighted by atomic mass is 79.9. The number of nitrogens with one attached hydrogen (secondary N) is 1. The second kappa shape index (κ2) is 5.61. The smallest absolute Gasteiger partial charge is 0.123 e. The minimum Gasteiger partial charge on any atom is -0.309 e. The van der Waals surface area contributed by atoms with Gasteiger partial charge in [-0.05, 0) is 58.9 Å². The van der Waals surface area contributed by atoms with Gasteiger partial charge in [-0.3, -0.25) is 0 Å². The van der Waals surface area contributed by atoms with Gasteiger partial charge in [0.25, 0.3) is 0 Å². The minimum absolute atomic E-state index is 0.00336. The van der Waals surface area contributed by atoms with Crippen molar-refractivity contribution in [3.05, 3.63) is 54.8 Å². The first kappa shape index (κ1) is 13.2. The van der Waals surface area contributed by atoms with Crippen molar-refractivity contribution in [1.29, 1.82) is 0 Å². The minimum atomic E-state index is -0.223. The van der Waals surface area contributed by atoms with E-state index in [1.54, 1.807) is 23.5 Å². The molecule has 1 nitrogen and oxygen atoms in total. The summed E-state index contributed by atoms with van der Waals surface area (Å²) in [6.07, 6.45) is 0. The first-order valence-electron chi connectivity index (χ1n) is 4.99. The van der Waals surface area contributed by atoms with E-state index in [4.69, 9.17) is 0 Å². The van der Waals surface area contributed by atoms with Gasteiger partial charge in [0, 0.05) is 9.35 Å². The lowest BCUT2D eigenvalue weighted by atomic mass is 10.1. The Morgan fingerprint density at radius 3 is 2.59 bits per heavy atom. The van der Waals surface area contributed by atoms with Crippen LogP contribution in [0.5, 0.6) is 0 Å². The molecule has 0 radical (unpaired) electrons. The van der Waals surface area contributed by atoms with Crippen LogP contribution in [0.4, 0.5) is 4.39 Å². The van der Waals surface area contributed by atoms with Gasteiger partial charge in [-0.2, -0.15) is 0 Å². The molecule has 90 valence electrons. The Labute approximate surface area is 120 Å². The molecule has 1 aromatic carbocycles. The van der Waals surface area contributed by atoms with E-state index in [2.05, 4.69) is 37.2 Å². The topological polar surface area (TPSA) is 12.0 Å². The molecule has 0 saturated carbocycles. The fraction of sp³-hybridized carbons (Fsp3) is 0.167. The van der Waals surface area contributed by atoms with Gasteiger partial charge in [-0.15, -0.1) is 11.3 Å². The number of rotatable bonds is 3. The van der Waals surface area contributed by atoms with Gasteiger partial charge in [0.05, 0.1) is 9.83 Å². The highest BCUT2D eigenvalue weighted by molar-refractivity contribution is 9.11. The number of hydrogen-bond donors (Lipinski definition) is 1. The Hall–Kier alpha value is -0.230. The lowest BCUT2D eigenvalue weighted by molar-refractivity contribution is 0.617. The Morgan fingerprint density at radius 1 is 1.24 bits per heavy atom. The van der Waals surface area contributed by atoms with Gasteiger partial charge in [0.15, 0.2) is 0 Å². The first-order valence-corrected chi connectivity index (χ1v) is 7.39. The quantitative estimate of drug-likeness (QED) is 0.814. The average Bonchev–Trinajstić information content (AvgIpc) is 2.71. The van der Waals surface area contributed by atoms with Crippen LogP contribution >= 0.6 is 43.2 Å². The Balaban J connectivity index is 2.45. The van der Waals surface area contributed by atoms with Gasteiger partial charge in [0.2, 0.25) is 0 Å². The predicted octanol–water partition coefficient (Wildman–Crippen LogP) is 4.72. The van der Waals surface area contributed by atoms with Crippen molar-refractivity contribution in [3.8, 4) is 0 Å². The highest BCUT2D eigenvalue weighted by Gasteiger charge is 2.17. The van der Waals surface area contributed by atoms with Crippen molar-refractivity contribution in [2.45, 2.75) is 6.04 Å². The monoisotopic (exact) mass is 377 g/mol. The van der Waals surface area contributed by atoms with Crippen LogP contribution in [0.1, 0.15) is 16.5 Å². The van der Waals surface area contributed by atoms with Crippen molar-refractivity contribution in [1.82, 2.24) is 5.32 Å².